The van der Waals surface area contributed by atoms with Gasteiger partial charge in [0, 0.05) is 0 Å². The number of nitrogens with two attached hydrogens (primary N) is 1. The quantitative estimate of drug-likeness (QED) is 0.766. The predicted octanol–water partition coefficient (Wildman–Crippen LogP) is 1.03. The summed E-state index contributed by atoms with van der Waals surface area (Å²) < 4.78 is 1.77. The molecule has 0 aliphatic heterocycles. The summed E-state index contributed by atoms with van der Waals surface area (Å²) >= 11 is 0. The van der Waals surface area contributed by atoms with Crippen molar-refractivity contribution in [2.75, 3.05) is 0 Å². The normalized spacial score (nSPS) is 10.4. The third-order valence-corrected chi connectivity index (χ3v) is 1.96. The van der Waals surface area contributed by atoms with Crippen LogP contribution in [0.5, 0.6) is 0 Å². The average Bonchev–Trinajstić information content (AvgIpc) is 2.61. The molecular formula is C10H12N4. The molecule has 0 amide bonds. The van der Waals surface area contributed by atoms with Crippen molar-refractivity contribution in [3.05, 3.63) is 42.0 Å². The predicted molar refractivity (Wildman–Crippen MR) is 54.0 cm³/mol. The molecule has 1 aromatic heterocycles. The molecule has 0 atom stereocenters. The topological polar surface area (TPSA) is 56.7 Å². The number of nitrogens with zero attached hydrogens (tertiary/aromatic N) is 3. The van der Waals surface area contributed by atoms with E-state index in [4.69, 9.17) is 5.73 Å². The molecule has 4 heteroatoms. The lowest BCUT2D eigenvalue weighted by atomic mass is 10.3. The molecule has 2 N–H and O–H groups in total. The van der Waals surface area contributed by atoms with E-state index >= 15 is 0 Å². The first-order chi connectivity index (χ1) is 6.81. The van der Waals surface area contributed by atoms with Crippen LogP contribution in [0.1, 0.15) is 11.6 Å². The van der Waals surface area contributed by atoms with Crippen LogP contribution in [0.15, 0.2) is 30.3 Å². The molecule has 0 aliphatic rings. The molecule has 0 saturated heterocycles. The molecule has 1 heterocycles. The van der Waals surface area contributed by atoms with E-state index in [9.17, 15) is 0 Å². The third kappa shape index (κ3) is 1.52. The lowest BCUT2D eigenvalue weighted by molar-refractivity contribution is 0.786. The smallest absolute Gasteiger partial charge is 0.148 e. The Labute approximate surface area is 82.4 Å². The van der Waals surface area contributed by atoms with Gasteiger partial charge >= 0.3 is 0 Å². The van der Waals surface area contributed by atoms with Crippen LogP contribution in [0.3, 0.4) is 0 Å². The van der Waals surface area contributed by atoms with Gasteiger partial charge in [0.25, 0.3) is 0 Å². The number of aryl methyl sites for hydroxylation is 1. The standard InChI is InChI=1S/C10H12N4/c1-8-12-10(7-11)14(13-8)9-5-3-2-4-6-9/h2-6H,7,11H2,1H3. The van der Waals surface area contributed by atoms with E-state index in [0.29, 0.717) is 6.54 Å². The molecule has 0 bridgehead atoms. The molecule has 0 unspecified atom stereocenters. The van der Waals surface area contributed by atoms with E-state index in [-0.39, 0.29) is 0 Å². The first kappa shape index (κ1) is 8.90. The number of para-hydroxylation sites is 1. The van der Waals surface area contributed by atoms with Gasteiger partial charge in [-0.25, -0.2) is 9.67 Å². The molecule has 0 fully saturated rings. The number of hydrogen-bond acceptors (Lipinski definition) is 3. The molecule has 2 rings (SSSR count). The Hall–Kier alpha value is -1.68. The highest BCUT2D eigenvalue weighted by Gasteiger charge is 2.06. The van der Waals surface area contributed by atoms with Gasteiger partial charge in [-0.15, -0.1) is 0 Å². The van der Waals surface area contributed by atoms with Gasteiger partial charge in [-0.1, -0.05) is 18.2 Å². The maximum atomic E-state index is 5.58. The fourth-order valence-electron chi connectivity index (χ4n) is 1.37. The van der Waals surface area contributed by atoms with Crippen molar-refractivity contribution in [1.29, 1.82) is 0 Å². The van der Waals surface area contributed by atoms with E-state index in [1.54, 1.807) is 4.68 Å². The maximum absolute atomic E-state index is 5.58. The Balaban J connectivity index is 2.51. The van der Waals surface area contributed by atoms with Crippen molar-refractivity contribution >= 4 is 0 Å². The second kappa shape index (κ2) is 3.59. The van der Waals surface area contributed by atoms with Crippen LogP contribution in [0.4, 0.5) is 0 Å². The number of rotatable bonds is 2. The molecule has 0 saturated carbocycles. The van der Waals surface area contributed by atoms with Gasteiger partial charge in [-0.2, -0.15) is 5.10 Å². The van der Waals surface area contributed by atoms with Gasteiger partial charge in [0.1, 0.15) is 11.6 Å². The lowest BCUT2D eigenvalue weighted by Gasteiger charge is -2.02. The van der Waals surface area contributed by atoms with Crippen LogP contribution in [0.2, 0.25) is 0 Å². The van der Waals surface area contributed by atoms with Gasteiger partial charge in [0.05, 0.1) is 12.2 Å². The van der Waals surface area contributed by atoms with Crippen molar-refractivity contribution in [2.24, 2.45) is 5.73 Å². The van der Waals surface area contributed by atoms with E-state index in [1.165, 1.54) is 0 Å². The minimum absolute atomic E-state index is 0.399. The highest BCUT2D eigenvalue weighted by molar-refractivity contribution is 5.31. The first-order valence-electron chi connectivity index (χ1n) is 4.49. The van der Waals surface area contributed by atoms with Crippen molar-refractivity contribution < 1.29 is 0 Å². The molecular weight excluding hydrogens is 176 g/mol. The van der Waals surface area contributed by atoms with Gasteiger partial charge in [0.2, 0.25) is 0 Å². The molecule has 0 aliphatic carbocycles. The summed E-state index contributed by atoms with van der Waals surface area (Å²) in [5.41, 5.74) is 6.57. The number of hydrogen-bond donors (Lipinski definition) is 1. The summed E-state index contributed by atoms with van der Waals surface area (Å²) in [6.07, 6.45) is 0. The van der Waals surface area contributed by atoms with Crippen molar-refractivity contribution in [3.8, 4) is 5.69 Å². The fourth-order valence-corrected chi connectivity index (χ4v) is 1.37. The summed E-state index contributed by atoms with van der Waals surface area (Å²) in [6, 6.07) is 9.86. The molecule has 4 nitrogen and oxygen atoms in total. The van der Waals surface area contributed by atoms with Crippen molar-refractivity contribution in [3.63, 3.8) is 0 Å². The van der Waals surface area contributed by atoms with E-state index in [2.05, 4.69) is 10.1 Å². The average molecular weight is 188 g/mol. The Kier molecular flexibility index (Phi) is 2.28. The van der Waals surface area contributed by atoms with Crippen molar-refractivity contribution in [1.82, 2.24) is 14.8 Å². The van der Waals surface area contributed by atoms with Crippen LogP contribution in [0.25, 0.3) is 5.69 Å². The first-order valence-corrected chi connectivity index (χ1v) is 4.49. The zero-order valence-corrected chi connectivity index (χ0v) is 8.01. The van der Waals surface area contributed by atoms with Crippen LogP contribution in [-0.4, -0.2) is 14.8 Å². The van der Waals surface area contributed by atoms with E-state index < -0.39 is 0 Å². The molecule has 2 aromatic rings. The van der Waals surface area contributed by atoms with Gasteiger partial charge < -0.3 is 5.73 Å². The minimum atomic E-state index is 0.399. The van der Waals surface area contributed by atoms with Crippen LogP contribution >= 0.6 is 0 Å². The third-order valence-electron chi connectivity index (χ3n) is 1.96. The summed E-state index contributed by atoms with van der Waals surface area (Å²) in [6.45, 7) is 2.26. The summed E-state index contributed by atoms with van der Waals surface area (Å²) in [4.78, 5) is 4.23. The van der Waals surface area contributed by atoms with Crippen LogP contribution in [0, 0.1) is 6.92 Å². The molecule has 1 aromatic carbocycles. The van der Waals surface area contributed by atoms with Crippen LogP contribution < -0.4 is 5.73 Å². The monoisotopic (exact) mass is 188 g/mol. The highest BCUT2D eigenvalue weighted by atomic mass is 15.4. The number of aromatic nitrogens is 3. The Morgan fingerprint density at radius 3 is 2.64 bits per heavy atom. The minimum Gasteiger partial charge on any atom is -0.324 e. The van der Waals surface area contributed by atoms with Gasteiger partial charge in [-0.3, -0.25) is 0 Å². The Bertz CT molecular complexity index is 419. The van der Waals surface area contributed by atoms with Gasteiger partial charge in [-0.05, 0) is 19.1 Å². The highest BCUT2D eigenvalue weighted by Crippen LogP contribution is 2.08. The second-order valence-corrected chi connectivity index (χ2v) is 3.03. The van der Waals surface area contributed by atoms with E-state index in [1.807, 2.05) is 37.3 Å². The largest absolute Gasteiger partial charge is 0.324 e. The van der Waals surface area contributed by atoms with Crippen LogP contribution in [-0.2, 0) is 6.54 Å². The SMILES string of the molecule is Cc1nc(CN)n(-c2ccccc2)n1. The zero-order chi connectivity index (χ0) is 9.97. The van der Waals surface area contributed by atoms with Gasteiger partial charge in [0.15, 0.2) is 0 Å². The van der Waals surface area contributed by atoms with Crippen molar-refractivity contribution in [2.45, 2.75) is 13.5 Å². The summed E-state index contributed by atoms with van der Waals surface area (Å²) in [5.74, 6) is 1.53. The molecule has 14 heavy (non-hydrogen) atoms. The van der Waals surface area contributed by atoms with E-state index in [0.717, 1.165) is 17.3 Å². The molecule has 0 spiro atoms. The zero-order valence-electron chi connectivity index (χ0n) is 8.01. The lowest BCUT2D eigenvalue weighted by Crippen LogP contribution is -2.07. The number of benzene rings is 1. The summed E-state index contributed by atoms with van der Waals surface area (Å²) in [7, 11) is 0. The maximum Gasteiger partial charge on any atom is 0.148 e. The molecule has 72 valence electrons. The Morgan fingerprint density at radius 2 is 2.00 bits per heavy atom. The fraction of sp³-hybridized carbons (Fsp3) is 0.200. The second-order valence-electron chi connectivity index (χ2n) is 3.03. The summed E-state index contributed by atoms with van der Waals surface area (Å²) in [5, 5.41) is 4.28. The Morgan fingerprint density at radius 1 is 1.29 bits per heavy atom. The molecule has 0 radical (unpaired) electrons.